The Morgan fingerprint density at radius 3 is 2.77 bits per heavy atom. The van der Waals surface area contributed by atoms with Crippen LogP contribution in [0.15, 0.2) is 0 Å². The van der Waals surface area contributed by atoms with Crippen molar-refractivity contribution in [3.63, 3.8) is 0 Å². The maximum absolute atomic E-state index is 10.7. The van der Waals surface area contributed by atoms with Gasteiger partial charge in [-0.1, -0.05) is 22.9 Å². The fraction of sp³-hybridized carbons (Fsp3) is 0.429. The van der Waals surface area contributed by atoms with Crippen molar-refractivity contribution < 1.29 is 9.90 Å². The van der Waals surface area contributed by atoms with Crippen LogP contribution in [0.1, 0.15) is 24.8 Å². The number of aliphatic hydroxyl groups excluding tert-OH is 1. The van der Waals surface area contributed by atoms with Crippen molar-refractivity contribution in [1.29, 1.82) is 0 Å². The molecule has 0 aliphatic rings. The van der Waals surface area contributed by atoms with E-state index in [2.05, 4.69) is 10.3 Å². The molecule has 0 saturated carbocycles. The number of hydrogen-bond donors (Lipinski definition) is 2. The molecule has 1 atom stereocenters. The van der Waals surface area contributed by atoms with Crippen molar-refractivity contribution in [3.05, 3.63) is 10.0 Å². The van der Waals surface area contributed by atoms with Crippen molar-refractivity contribution in [3.8, 4) is 0 Å². The zero-order chi connectivity index (χ0) is 10.0. The molecule has 0 spiro atoms. The second-order valence-corrected chi connectivity index (χ2v) is 3.92. The summed E-state index contributed by atoms with van der Waals surface area (Å²) in [6.45, 7) is 2.98. The van der Waals surface area contributed by atoms with Gasteiger partial charge in [0.2, 0.25) is 5.91 Å². The standard InChI is InChI=1S/C7H9ClN2O2S/c1-3(11)5-6(8)10-7(13-5)9-4(2)12/h3,11H,1-2H3,(H,9,10,12). The highest BCUT2D eigenvalue weighted by atomic mass is 35.5. The number of hydrogen-bond acceptors (Lipinski definition) is 4. The number of aliphatic hydroxyl groups is 1. The van der Waals surface area contributed by atoms with Crippen LogP contribution in [0.25, 0.3) is 0 Å². The molecule has 1 heterocycles. The molecular weight excluding hydrogens is 212 g/mol. The first kappa shape index (κ1) is 10.4. The molecule has 13 heavy (non-hydrogen) atoms. The Kier molecular flexibility index (Phi) is 3.24. The predicted molar refractivity (Wildman–Crippen MR) is 52.1 cm³/mol. The van der Waals surface area contributed by atoms with Crippen LogP contribution in [0, 0.1) is 0 Å². The van der Waals surface area contributed by atoms with Crippen LogP contribution in [-0.2, 0) is 4.79 Å². The van der Waals surface area contributed by atoms with Gasteiger partial charge >= 0.3 is 0 Å². The summed E-state index contributed by atoms with van der Waals surface area (Å²) in [5.74, 6) is -0.206. The fourth-order valence-corrected chi connectivity index (χ4v) is 2.02. The van der Waals surface area contributed by atoms with E-state index in [1.54, 1.807) is 6.92 Å². The number of anilines is 1. The Balaban J connectivity index is 2.88. The molecule has 0 aromatic carbocycles. The first-order chi connectivity index (χ1) is 6.00. The highest BCUT2D eigenvalue weighted by Gasteiger charge is 2.13. The zero-order valence-electron chi connectivity index (χ0n) is 7.17. The lowest BCUT2D eigenvalue weighted by Gasteiger charge is -1.97. The summed E-state index contributed by atoms with van der Waals surface area (Å²) in [7, 11) is 0. The minimum atomic E-state index is -0.660. The maximum atomic E-state index is 10.7. The monoisotopic (exact) mass is 220 g/mol. The molecule has 2 N–H and O–H groups in total. The highest BCUT2D eigenvalue weighted by Crippen LogP contribution is 2.31. The second-order valence-electron chi connectivity index (χ2n) is 2.53. The largest absolute Gasteiger partial charge is 0.388 e. The topological polar surface area (TPSA) is 62.2 Å². The summed E-state index contributed by atoms with van der Waals surface area (Å²) < 4.78 is 0. The van der Waals surface area contributed by atoms with Gasteiger partial charge in [0.25, 0.3) is 0 Å². The molecule has 1 rings (SSSR count). The molecule has 0 bridgehead atoms. The Bertz CT molecular complexity index is 324. The minimum absolute atomic E-state index is 0.206. The summed E-state index contributed by atoms with van der Waals surface area (Å²) in [5.41, 5.74) is 0. The third-order valence-corrected chi connectivity index (χ3v) is 2.81. The van der Waals surface area contributed by atoms with E-state index in [0.29, 0.717) is 10.0 Å². The van der Waals surface area contributed by atoms with Gasteiger partial charge in [0, 0.05) is 6.92 Å². The van der Waals surface area contributed by atoms with E-state index in [-0.39, 0.29) is 11.1 Å². The summed E-state index contributed by atoms with van der Waals surface area (Å²) in [6, 6.07) is 0. The molecule has 0 fully saturated rings. The van der Waals surface area contributed by atoms with E-state index in [1.165, 1.54) is 18.3 Å². The quantitative estimate of drug-likeness (QED) is 0.799. The van der Waals surface area contributed by atoms with Crippen LogP contribution in [-0.4, -0.2) is 16.0 Å². The van der Waals surface area contributed by atoms with E-state index in [9.17, 15) is 9.90 Å². The lowest BCUT2D eigenvalue weighted by Crippen LogP contribution is -2.04. The number of aromatic nitrogens is 1. The van der Waals surface area contributed by atoms with Gasteiger partial charge in [0.1, 0.15) is 5.15 Å². The molecule has 0 radical (unpaired) electrons. The number of carbonyl (C=O) groups is 1. The molecule has 1 amide bonds. The lowest BCUT2D eigenvalue weighted by molar-refractivity contribution is -0.114. The fourth-order valence-electron chi connectivity index (χ4n) is 0.775. The highest BCUT2D eigenvalue weighted by molar-refractivity contribution is 7.16. The van der Waals surface area contributed by atoms with Crippen LogP contribution in [0.5, 0.6) is 0 Å². The Labute approximate surface area is 84.6 Å². The third-order valence-electron chi connectivity index (χ3n) is 1.27. The lowest BCUT2D eigenvalue weighted by atomic mass is 10.4. The van der Waals surface area contributed by atoms with Crippen LogP contribution in [0.2, 0.25) is 5.15 Å². The van der Waals surface area contributed by atoms with Crippen LogP contribution in [0.4, 0.5) is 5.13 Å². The summed E-state index contributed by atoms with van der Waals surface area (Å²) in [4.78, 5) is 15.1. The molecule has 72 valence electrons. The average molecular weight is 221 g/mol. The maximum Gasteiger partial charge on any atom is 0.223 e. The summed E-state index contributed by atoms with van der Waals surface area (Å²) >= 11 is 6.88. The number of halogens is 1. The number of nitrogens with zero attached hydrogens (tertiary/aromatic N) is 1. The molecule has 6 heteroatoms. The molecule has 0 aliphatic heterocycles. The molecule has 4 nitrogen and oxygen atoms in total. The van der Waals surface area contributed by atoms with Gasteiger partial charge in [-0.2, -0.15) is 0 Å². The van der Waals surface area contributed by atoms with Gasteiger partial charge in [-0.05, 0) is 6.92 Å². The number of amides is 1. The van der Waals surface area contributed by atoms with Crippen LogP contribution >= 0.6 is 22.9 Å². The molecule has 0 aliphatic carbocycles. The molecule has 1 unspecified atom stereocenters. The molecule has 1 aromatic heterocycles. The van der Waals surface area contributed by atoms with Gasteiger partial charge < -0.3 is 10.4 Å². The van der Waals surface area contributed by atoms with Crippen molar-refractivity contribution in [2.45, 2.75) is 20.0 Å². The van der Waals surface area contributed by atoms with Gasteiger partial charge in [-0.3, -0.25) is 4.79 Å². The van der Waals surface area contributed by atoms with Crippen LogP contribution < -0.4 is 5.32 Å². The normalized spacial score (nSPS) is 12.6. The SMILES string of the molecule is CC(=O)Nc1nc(Cl)c(C(C)O)s1. The van der Waals surface area contributed by atoms with Gasteiger partial charge in [-0.25, -0.2) is 4.98 Å². The predicted octanol–water partition coefficient (Wildman–Crippen LogP) is 1.81. The summed E-state index contributed by atoms with van der Waals surface area (Å²) in [6.07, 6.45) is -0.660. The number of thiazole rings is 1. The number of carbonyl (C=O) groups excluding carboxylic acids is 1. The molecule has 0 saturated heterocycles. The molecule has 1 aromatic rings. The van der Waals surface area contributed by atoms with E-state index in [4.69, 9.17) is 11.6 Å². The Hall–Kier alpha value is -0.650. The third kappa shape index (κ3) is 2.65. The Morgan fingerprint density at radius 2 is 2.38 bits per heavy atom. The van der Waals surface area contributed by atoms with Crippen molar-refractivity contribution in [2.75, 3.05) is 5.32 Å². The molecular formula is C7H9ClN2O2S. The van der Waals surface area contributed by atoms with Gasteiger partial charge in [0.15, 0.2) is 5.13 Å². The van der Waals surface area contributed by atoms with E-state index >= 15 is 0 Å². The van der Waals surface area contributed by atoms with Crippen LogP contribution in [0.3, 0.4) is 0 Å². The van der Waals surface area contributed by atoms with Crippen molar-refractivity contribution in [1.82, 2.24) is 4.98 Å². The van der Waals surface area contributed by atoms with Gasteiger partial charge in [0.05, 0.1) is 11.0 Å². The number of rotatable bonds is 2. The summed E-state index contributed by atoms with van der Waals surface area (Å²) in [5, 5.41) is 12.4. The second kappa shape index (κ2) is 4.04. The van der Waals surface area contributed by atoms with Gasteiger partial charge in [-0.15, -0.1) is 0 Å². The van der Waals surface area contributed by atoms with Crippen molar-refractivity contribution >= 4 is 34.0 Å². The average Bonchev–Trinajstić information content (AvgIpc) is 2.29. The minimum Gasteiger partial charge on any atom is -0.388 e. The van der Waals surface area contributed by atoms with E-state index < -0.39 is 6.10 Å². The first-order valence-corrected chi connectivity index (χ1v) is 4.82. The smallest absolute Gasteiger partial charge is 0.223 e. The van der Waals surface area contributed by atoms with Crippen molar-refractivity contribution in [2.24, 2.45) is 0 Å². The Morgan fingerprint density at radius 1 is 1.77 bits per heavy atom. The zero-order valence-corrected chi connectivity index (χ0v) is 8.74. The van der Waals surface area contributed by atoms with E-state index in [0.717, 1.165) is 0 Å². The first-order valence-electron chi connectivity index (χ1n) is 3.62. The van der Waals surface area contributed by atoms with E-state index in [1.807, 2.05) is 0 Å². The number of nitrogens with one attached hydrogen (secondary N) is 1.